The van der Waals surface area contributed by atoms with E-state index in [4.69, 9.17) is 17.3 Å². The molecule has 0 aromatic heterocycles. The van der Waals surface area contributed by atoms with Gasteiger partial charge in [-0.25, -0.2) is 0 Å². The van der Waals surface area contributed by atoms with Crippen molar-refractivity contribution >= 4 is 39.9 Å². The van der Waals surface area contributed by atoms with E-state index in [1.165, 1.54) is 0 Å². The Morgan fingerprint density at radius 3 is 2.85 bits per heavy atom. The smallest absolute Gasteiger partial charge is 0.0648 e. The first-order valence-corrected chi connectivity index (χ1v) is 5.51. The number of nitrogens with one attached hydrogen (secondary N) is 1. The maximum atomic E-state index is 6.02. The summed E-state index contributed by atoms with van der Waals surface area (Å²) in [6, 6.07) is 6.15. The van der Waals surface area contributed by atoms with Crippen LogP contribution < -0.4 is 11.1 Å². The summed E-state index contributed by atoms with van der Waals surface area (Å²) in [4.78, 5) is 0. The van der Waals surface area contributed by atoms with Gasteiger partial charge in [0.05, 0.1) is 10.7 Å². The van der Waals surface area contributed by atoms with Gasteiger partial charge in [-0.3, -0.25) is 0 Å². The maximum Gasteiger partial charge on any atom is 0.0648 e. The van der Waals surface area contributed by atoms with Gasteiger partial charge in [0.2, 0.25) is 0 Å². The lowest BCUT2D eigenvalue weighted by Gasteiger charge is -2.14. The summed E-state index contributed by atoms with van der Waals surface area (Å²) in [6.45, 7) is 2.62. The number of hydrogen-bond acceptors (Lipinski definition) is 2. The Hall–Kier alpha value is -0.0000000000000000555. The number of benzene rings is 1. The van der Waals surface area contributed by atoms with Gasteiger partial charge in [-0.15, -0.1) is 0 Å². The molecule has 4 heteroatoms. The lowest BCUT2D eigenvalue weighted by molar-refractivity contribution is 0.804. The fourth-order valence-corrected chi connectivity index (χ4v) is 1.84. The van der Waals surface area contributed by atoms with Crippen LogP contribution in [0, 0.1) is 3.57 Å². The first-order chi connectivity index (χ1) is 6.13. The van der Waals surface area contributed by atoms with Crippen molar-refractivity contribution in [1.29, 1.82) is 0 Å². The zero-order valence-electron chi connectivity index (χ0n) is 7.35. The van der Waals surface area contributed by atoms with Crippen molar-refractivity contribution in [1.82, 2.24) is 0 Å². The largest absolute Gasteiger partial charge is 0.380 e. The average molecular weight is 311 g/mol. The van der Waals surface area contributed by atoms with Crippen LogP contribution in [-0.4, -0.2) is 12.6 Å². The van der Waals surface area contributed by atoms with Crippen LogP contribution in [0.2, 0.25) is 5.02 Å². The Balaban J connectivity index is 2.77. The standard InChI is InChI=1S/C9H12ClIN2/c1-6(5-12)13-9-3-2-7(11)4-8(9)10/h2-4,6,13H,5,12H2,1H3. The lowest BCUT2D eigenvalue weighted by Crippen LogP contribution is -2.25. The highest BCUT2D eigenvalue weighted by Gasteiger charge is 2.03. The molecule has 1 aromatic carbocycles. The average Bonchev–Trinajstić information content (AvgIpc) is 2.09. The number of anilines is 1. The number of hydrogen-bond donors (Lipinski definition) is 2. The predicted octanol–water partition coefficient (Wildman–Crippen LogP) is 2.70. The fraction of sp³-hybridized carbons (Fsp3) is 0.333. The van der Waals surface area contributed by atoms with E-state index in [0.29, 0.717) is 6.54 Å². The molecule has 2 nitrogen and oxygen atoms in total. The molecule has 0 spiro atoms. The highest BCUT2D eigenvalue weighted by atomic mass is 127. The fourth-order valence-electron chi connectivity index (χ4n) is 0.931. The van der Waals surface area contributed by atoms with E-state index in [1.54, 1.807) is 0 Å². The zero-order chi connectivity index (χ0) is 9.84. The van der Waals surface area contributed by atoms with Crippen molar-refractivity contribution in [2.75, 3.05) is 11.9 Å². The molecule has 0 amide bonds. The SMILES string of the molecule is CC(CN)Nc1ccc(I)cc1Cl. The molecule has 1 unspecified atom stereocenters. The molecule has 1 rings (SSSR count). The molecule has 0 radical (unpaired) electrons. The van der Waals surface area contributed by atoms with Crippen LogP contribution in [0.5, 0.6) is 0 Å². The molecular formula is C9H12ClIN2. The van der Waals surface area contributed by atoms with Crippen molar-refractivity contribution in [2.45, 2.75) is 13.0 Å². The molecule has 13 heavy (non-hydrogen) atoms. The van der Waals surface area contributed by atoms with Gasteiger partial charge in [0.25, 0.3) is 0 Å². The minimum Gasteiger partial charge on any atom is -0.380 e. The second-order valence-electron chi connectivity index (χ2n) is 2.91. The molecule has 0 fully saturated rings. The second-order valence-corrected chi connectivity index (χ2v) is 4.56. The molecule has 0 heterocycles. The van der Waals surface area contributed by atoms with Crippen LogP contribution >= 0.6 is 34.2 Å². The zero-order valence-corrected chi connectivity index (χ0v) is 10.3. The van der Waals surface area contributed by atoms with E-state index in [-0.39, 0.29) is 6.04 Å². The molecule has 0 saturated carbocycles. The summed E-state index contributed by atoms with van der Waals surface area (Å²) in [7, 11) is 0. The maximum absolute atomic E-state index is 6.02. The first-order valence-electron chi connectivity index (χ1n) is 4.05. The quantitative estimate of drug-likeness (QED) is 0.843. The monoisotopic (exact) mass is 310 g/mol. The van der Waals surface area contributed by atoms with Gasteiger partial charge in [0, 0.05) is 16.2 Å². The van der Waals surface area contributed by atoms with Crippen LogP contribution in [0.4, 0.5) is 5.69 Å². The summed E-state index contributed by atoms with van der Waals surface area (Å²) < 4.78 is 1.13. The number of nitrogens with two attached hydrogens (primary N) is 1. The van der Waals surface area contributed by atoms with Gasteiger partial charge in [-0.05, 0) is 47.7 Å². The van der Waals surface area contributed by atoms with Gasteiger partial charge >= 0.3 is 0 Å². The normalized spacial score (nSPS) is 12.6. The Bertz CT molecular complexity index is 291. The molecule has 0 aliphatic heterocycles. The van der Waals surface area contributed by atoms with Crippen molar-refractivity contribution in [2.24, 2.45) is 5.73 Å². The Labute approximate surface area is 97.0 Å². The third-order valence-electron chi connectivity index (χ3n) is 1.69. The summed E-state index contributed by atoms with van der Waals surface area (Å²) in [5, 5.41) is 3.97. The van der Waals surface area contributed by atoms with Crippen LogP contribution in [0.25, 0.3) is 0 Å². The van der Waals surface area contributed by atoms with Crippen LogP contribution in [0.3, 0.4) is 0 Å². The van der Waals surface area contributed by atoms with Crippen molar-refractivity contribution < 1.29 is 0 Å². The lowest BCUT2D eigenvalue weighted by atomic mass is 10.2. The van der Waals surface area contributed by atoms with E-state index in [1.807, 2.05) is 25.1 Å². The Kier molecular flexibility index (Phi) is 4.28. The van der Waals surface area contributed by atoms with Gasteiger partial charge in [0.15, 0.2) is 0 Å². The third kappa shape index (κ3) is 3.32. The molecule has 72 valence electrons. The third-order valence-corrected chi connectivity index (χ3v) is 2.67. The Morgan fingerprint density at radius 2 is 2.31 bits per heavy atom. The van der Waals surface area contributed by atoms with Gasteiger partial charge in [-0.2, -0.15) is 0 Å². The number of rotatable bonds is 3. The minimum absolute atomic E-state index is 0.248. The van der Waals surface area contributed by atoms with E-state index < -0.39 is 0 Å². The minimum atomic E-state index is 0.248. The highest BCUT2D eigenvalue weighted by molar-refractivity contribution is 14.1. The van der Waals surface area contributed by atoms with Gasteiger partial charge in [-0.1, -0.05) is 11.6 Å². The predicted molar refractivity (Wildman–Crippen MR) is 66.3 cm³/mol. The highest BCUT2D eigenvalue weighted by Crippen LogP contribution is 2.24. The van der Waals surface area contributed by atoms with Crippen LogP contribution in [-0.2, 0) is 0 Å². The van der Waals surface area contributed by atoms with Crippen LogP contribution in [0.15, 0.2) is 18.2 Å². The molecule has 0 aliphatic rings. The van der Waals surface area contributed by atoms with E-state index in [0.717, 1.165) is 14.3 Å². The molecule has 0 saturated heterocycles. The van der Waals surface area contributed by atoms with E-state index >= 15 is 0 Å². The molecule has 3 N–H and O–H groups in total. The van der Waals surface area contributed by atoms with Crippen molar-refractivity contribution in [3.63, 3.8) is 0 Å². The van der Waals surface area contributed by atoms with Crippen molar-refractivity contribution in [3.05, 3.63) is 26.8 Å². The second kappa shape index (κ2) is 5.02. The molecule has 1 aromatic rings. The number of halogens is 2. The topological polar surface area (TPSA) is 38.0 Å². The van der Waals surface area contributed by atoms with Gasteiger partial charge < -0.3 is 11.1 Å². The summed E-state index contributed by atoms with van der Waals surface area (Å²) in [5.74, 6) is 0. The molecule has 0 bridgehead atoms. The molecule has 1 atom stereocenters. The van der Waals surface area contributed by atoms with Crippen molar-refractivity contribution in [3.8, 4) is 0 Å². The van der Waals surface area contributed by atoms with Crippen LogP contribution in [0.1, 0.15) is 6.92 Å². The van der Waals surface area contributed by atoms with Gasteiger partial charge in [0.1, 0.15) is 0 Å². The molecule has 0 aliphatic carbocycles. The first kappa shape index (κ1) is 11.1. The molecular weight excluding hydrogens is 298 g/mol. The van der Waals surface area contributed by atoms with E-state index in [9.17, 15) is 0 Å². The van der Waals surface area contributed by atoms with E-state index in [2.05, 4.69) is 27.9 Å². The summed E-state index contributed by atoms with van der Waals surface area (Å²) in [5.41, 5.74) is 6.44. The summed E-state index contributed by atoms with van der Waals surface area (Å²) >= 11 is 8.25. The Morgan fingerprint density at radius 1 is 1.62 bits per heavy atom. The summed E-state index contributed by atoms with van der Waals surface area (Å²) in [6.07, 6.45) is 0.